The molecular weight excluding hydrogens is 200 g/mol. The Kier molecular flexibility index (Phi) is 4.62. The standard InChI is InChI=1S/C13H26N2O/c1-11-9-15(2)6-5-13(11)14-8-12-4-3-7-16-10-12/h11-14H,3-10H2,1-2H3. The maximum Gasteiger partial charge on any atom is 0.0506 e. The van der Waals surface area contributed by atoms with Crippen molar-refractivity contribution in [3.8, 4) is 0 Å². The van der Waals surface area contributed by atoms with Crippen molar-refractivity contribution in [3.63, 3.8) is 0 Å². The molecule has 0 saturated carbocycles. The van der Waals surface area contributed by atoms with E-state index in [1.54, 1.807) is 0 Å². The molecule has 16 heavy (non-hydrogen) atoms. The van der Waals surface area contributed by atoms with E-state index < -0.39 is 0 Å². The van der Waals surface area contributed by atoms with E-state index in [0.717, 1.165) is 37.6 Å². The van der Waals surface area contributed by atoms with Crippen LogP contribution in [-0.2, 0) is 4.74 Å². The lowest BCUT2D eigenvalue weighted by atomic mass is 9.93. The van der Waals surface area contributed by atoms with Gasteiger partial charge >= 0.3 is 0 Å². The maximum absolute atomic E-state index is 5.52. The second kappa shape index (κ2) is 5.99. The summed E-state index contributed by atoms with van der Waals surface area (Å²) in [6, 6.07) is 0.720. The average Bonchev–Trinajstić information content (AvgIpc) is 2.29. The van der Waals surface area contributed by atoms with Crippen LogP contribution < -0.4 is 5.32 Å². The molecule has 0 aromatic rings. The van der Waals surface area contributed by atoms with Gasteiger partial charge in [-0.25, -0.2) is 0 Å². The van der Waals surface area contributed by atoms with Crippen molar-refractivity contribution >= 4 is 0 Å². The van der Waals surface area contributed by atoms with Gasteiger partial charge in [-0.2, -0.15) is 0 Å². The van der Waals surface area contributed by atoms with Gasteiger partial charge in [-0.05, 0) is 44.7 Å². The van der Waals surface area contributed by atoms with E-state index in [2.05, 4.69) is 24.2 Å². The van der Waals surface area contributed by atoms with Crippen LogP contribution in [0.5, 0.6) is 0 Å². The van der Waals surface area contributed by atoms with E-state index in [4.69, 9.17) is 4.74 Å². The Hall–Kier alpha value is -0.120. The summed E-state index contributed by atoms with van der Waals surface area (Å²) in [5.41, 5.74) is 0. The lowest BCUT2D eigenvalue weighted by Gasteiger charge is -2.36. The molecule has 2 aliphatic heterocycles. The van der Waals surface area contributed by atoms with E-state index in [0.29, 0.717) is 0 Å². The number of ether oxygens (including phenoxy) is 1. The molecule has 2 fully saturated rings. The predicted octanol–water partition coefficient (Wildman–Crippen LogP) is 1.34. The molecule has 0 spiro atoms. The van der Waals surface area contributed by atoms with Gasteiger partial charge in [-0.3, -0.25) is 0 Å². The summed E-state index contributed by atoms with van der Waals surface area (Å²) < 4.78 is 5.52. The van der Waals surface area contributed by atoms with E-state index in [1.165, 1.54) is 32.4 Å². The van der Waals surface area contributed by atoms with Crippen molar-refractivity contribution in [1.82, 2.24) is 10.2 Å². The van der Waals surface area contributed by atoms with Crippen LogP contribution in [0.2, 0.25) is 0 Å². The highest BCUT2D eigenvalue weighted by atomic mass is 16.5. The number of hydrogen-bond acceptors (Lipinski definition) is 3. The first kappa shape index (κ1) is 12.3. The molecule has 0 radical (unpaired) electrons. The average molecular weight is 226 g/mol. The molecular formula is C13H26N2O. The molecule has 3 atom stereocenters. The summed E-state index contributed by atoms with van der Waals surface area (Å²) in [7, 11) is 2.22. The van der Waals surface area contributed by atoms with Crippen LogP contribution in [0.25, 0.3) is 0 Å². The predicted molar refractivity (Wildman–Crippen MR) is 66.6 cm³/mol. The molecule has 94 valence electrons. The van der Waals surface area contributed by atoms with Crippen LogP contribution in [0.1, 0.15) is 26.2 Å². The lowest BCUT2D eigenvalue weighted by molar-refractivity contribution is 0.0511. The fourth-order valence-corrected chi connectivity index (χ4v) is 2.94. The van der Waals surface area contributed by atoms with Crippen molar-refractivity contribution in [3.05, 3.63) is 0 Å². The van der Waals surface area contributed by atoms with Gasteiger partial charge in [0.05, 0.1) is 6.61 Å². The minimum atomic E-state index is 0.720. The number of piperidine rings is 1. The quantitative estimate of drug-likeness (QED) is 0.786. The molecule has 0 bridgehead atoms. The van der Waals surface area contributed by atoms with Gasteiger partial charge in [-0.1, -0.05) is 6.92 Å². The molecule has 2 aliphatic rings. The van der Waals surface area contributed by atoms with Crippen LogP contribution >= 0.6 is 0 Å². The molecule has 3 nitrogen and oxygen atoms in total. The Morgan fingerprint density at radius 2 is 2.25 bits per heavy atom. The monoisotopic (exact) mass is 226 g/mol. The number of nitrogens with one attached hydrogen (secondary N) is 1. The van der Waals surface area contributed by atoms with Crippen molar-refractivity contribution in [2.24, 2.45) is 11.8 Å². The fourth-order valence-electron chi connectivity index (χ4n) is 2.94. The Labute approximate surface area is 99.5 Å². The lowest BCUT2D eigenvalue weighted by Crippen LogP contribution is -2.48. The number of likely N-dealkylation sites (tertiary alicyclic amines) is 1. The first-order valence-electron chi connectivity index (χ1n) is 6.75. The Balaban J connectivity index is 1.68. The van der Waals surface area contributed by atoms with Crippen molar-refractivity contribution < 1.29 is 4.74 Å². The SMILES string of the molecule is CC1CN(C)CCC1NCC1CCCOC1. The molecule has 0 aromatic heterocycles. The van der Waals surface area contributed by atoms with Gasteiger partial charge in [0.25, 0.3) is 0 Å². The zero-order valence-electron chi connectivity index (χ0n) is 10.7. The highest BCUT2D eigenvalue weighted by Crippen LogP contribution is 2.17. The zero-order valence-corrected chi connectivity index (χ0v) is 10.7. The zero-order chi connectivity index (χ0) is 11.4. The summed E-state index contributed by atoms with van der Waals surface area (Å²) in [5, 5.41) is 3.75. The normalized spacial score (nSPS) is 37.5. The third kappa shape index (κ3) is 3.44. The highest BCUT2D eigenvalue weighted by molar-refractivity contribution is 4.82. The van der Waals surface area contributed by atoms with Crippen LogP contribution in [0, 0.1) is 11.8 Å². The molecule has 1 N–H and O–H groups in total. The number of hydrogen-bond donors (Lipinski definition) is 1. The second-order valence-corrected chi connectivity index (χ2v) is 5.63. The van der Waals surface area contributed by atoms with Crippen LogP contribution in [0.4, 0.5) is 0 Å². The van der Waals surface area contributed by atoms with Gasteiger partial charge < -0.3 is 15.0 Å². The first-order chi connectivity index (χ1) is 7.75. The van der Waals surface area contributed by atoms with Crippen molar-refractivity contribution in [1.29, 1.82) is 0 Å². The summed E-state index contributed by atoms with van der Waals surface area (Å²) in [5.74, 6) is 1.53. The first-order valence-corrected chi connectivity index (χ1v) is 6.75. The third-order valence-electron chi connectivity index (χ3n) is 4.03. The smallest absolute Gasteiger partial charge is 0.0506 e. The van der Waals surface area contributed by atoms with Gasteiger partial charge in [0, 0.05) is 25.7 Å². The van der Waals surface area contributed by atoms with Crippen LogP contribution in [-0.4, -0.2) is 50.8 Å². The number of rotatable bonds is 3. The van der Waals surface area contributed by atoms with E-state index >= 15 is 0 Å². The van der Waals surface area contributed by atoms with Gasteiger partial charge in [0.15, 0.2) is 0 Å². The van der Waals surface area contributed by atoms with E-state index in [-0.39, 0.29) is 0 Å². The van der Waals surface area contributed by atoms with E-state index in [1.807, 2.05) is 0 Å². The van der Waals surface area contributed by atoms with Gasteiger partial charge in [0.1, 0.15) is 0 Å². The summed E-state index contributed by atoms with van der Waals surface area (Å²) in [4.78, 5) is 2.44. The summed E-state index contributed by atoms with van der Waals surface area (Å²) in [6.07, 6.45) is 3.88. The fraction of sp³-hybridized carbons (Fsp3) is 1.00. The van der Waals surface area contributed by atoms with Crippen molar-refractivity contribution in [2.45, 2.75) is 32.2 Å². The second-order valence-electron chi connectivity index (χ2n) is 5.63. The molecule has 2 rings (SSSR count). The third-order valence-corrected chi connectivity index (χ3v) is 4.03. The number of nitrogens with zero attached hydrogens (tertiary/aromatic N) is 1. The molecule has 0 amide bonds. The van der Waals surface area contributed by atoms with Crippen LogP contribution in [0.15, 0.2) is 0 Å². The van der Waals surface area contributed by atoms with Gasteiger partial charge in [0.2, 0.25) is 0 Å². The summed E-state index contributed by atoms with van der Waals surface area (Å²) >= 11 is 0. The van der Waals surface area contributed by atoms with Crippen molar-refractivity contribution in [2.75, 3.05) is 39.9 Å². The maximum atomic E-state index is 5.52. The topological polar surface area (TPSA) is 24.5 Å². The molecule has 0 aliphatic carbocycles. The highest BCUT2D eigenvalue weighted by Gasteiger charge is 2.24. The Morgan fingerprint density at radius 3 is 2.94 bits per heavy atom. The Bertz CT molecular complexity index is 204. The molecule has 3 unspecified atom stereocenters. The molecule has 0 aromatic carbocycles. The minimum absolute atomic E-state index is 0.720. The summed E-state index contributed by atoms with van der Waals surface area (Å²) in [6.45, 7) is 7.93. The van der Waals surface area contributed by atoms with E-state index in [9.17, 15) is 0 Å². The Morgan fingerprint density at radius 1 is 1.38 bits per heavy atom. The molecule has 2 saturated heterocycles. The van der Waals surface area contributed by atoms with Gasteiger partial charge in [-0.15, -0.1) is 0 Å². The molecule has 3 heteroatoms. The van der Waals surface area contributed by atoms with Crippen LogP contribution in [0.3, 0.4) is 0 Å². The minimum Gasteiger partial charge on any atom is -0.381 e. The largest absolute Gasteiger partial charge is 0.381 e. The molecule has 2 heterocycles.